The summed E-state index contributed by atoms with van der Waals surface area (Å²) in [5.41, 5.74) is 7.26. The molecule has 1 heterocycles. The fraction of sp³-hybridized carbons (Fsp3) is 0.688. The van der Waals surface area contributed by atoms with Crippen molar-refractivity contribution in [2.24, 2.45) is 0 Å². The van der Waals surface area contributed by atoms with E-state index >= 15 is 0 Å². The van der Waals surface area contributed by atoms with Gasteiger partial charge in [0.05, 0.1) is 0 Å². The minimum atomic E-state index is 1.12. The lowest BCUT2D eigenvalue weighted by atomic mass is 9.91. The zero-order chi connectivity index (χ0) is 12.8. The molecule has 96 valence electrons. The maximum atomic E-state index is 4.86. The van der Waals surface area contributed by atoms with Crippen molar-refractivity contribution in [3.63, 3.8) is 0 Å². The molecule has 0 unspecified atom stereocenters. The maximum absolute atomic E-state index is 4.86. The number of pyridine rings is 1. The predicted octanol–water partition coefficient (Wildman–Crippen LogP) is 4.42. The summed E-state index contributed by atoms with van der Waals surface area (Å²) in [6, 6.07) is 0. The zero-order valence-corrected chi connectivity index (χ0v) is 12.2. The van der Waals surface area contributed by atoms with Gasteiger partial charge in [-0.05, 0) is 49.3 Å². The Morgan fingerprint density at radius 3 is 1.82 bits per heavy atom. The third kappa shape index (κ3) is 3.08. The van der Waals surface area contributed by atoms with E-state index in [1.807, 2.05) is 0 Å². The van der Waals surface area contributed by atoms with E-state index in [4.69, 9.17) is 4.98 Å². The van der Waals surface area contributed by atoms with Gasteiger partial charge in [-0.3, -0.25) is 4.98 Å². The van der Waals surface area contributed by atoms with E-state index < -0.39 is 0 Å². The second kappa shape index (κ2) is 6.78. The van der Waals surface area contributed by atoms with E-state index in [1.54, 1.807) is 11.1 Å². The molecule has 1 aromatic rings. The van der Waals surface area contributed by atoms with Crippen LogP contribution in [0.2, 0.25) is 0 Å². The van der Waals surface area contributed by atoms with Crippen LogP contribution in [0.15, 0.2) is 0 Å². The standard InChI is InChI=1S/C16H27N/c1-6-10-15-14(9-4)13(8-3)12(5)17-16(15)11-7-2/h6-11H2,1-5H3. The van der Waals surface area contributed by atoms with Crippen molar-refractivity contribution in [3.8, 4) is 0 Å². The van der Waals surface area contributed by atoms with Crippen molar-refractivity contribution >= 4 is 0 Å². The highest BCUT2D eigenvalue weighted by molar-refractivity contribution is 5.40. The molecular formula is C16H27N. The molecule has 0 spiro atoms. The van der Waals surface area contributed by atoms with Crippen LogP contribution in [-0.4, -0.2) is 4.98 Å². The monoisotopic (exact) mass is 233 g/mol. The highest BCUT2D eigenvalue weighted by Crippen LogP contribution is 2.24. The van der Waals surface area contributed by atoms with Crippen LogP contribution >= 0.6 is 0 Å². The van der Waals surface area contributed by atoms with Gasteiger partial charge in [0.1, 0.15) is 0 Å². The predicted molar refractivity (Wildman–Crippen MR) is 75.7 cm³/mol. The number of nitrogens with zero attached hydrogens (tertiary/aromatic N) is 1. The van der Waals surface area contributed by atoms with Crippen molar-refractivity contribution in [3.05, 3.63) is 28.1 Å². The molecule has 0 bridgehead atoms. The molecule has 1 aromatic heterocycles. The van der Waals surface area contributed by atoms with E-state index in [-0.39, 0.29) is 0 Å². The van der Waals surface area contributed by atoms with Gasteiger partial charge >= 0.3 is 0 Å². The van der Waals surface area contributed by atoms with Gasteiger partial charge < -0.3 is 0 Å². The van der Waals surface area contributed by atoms with Crippen LogP contribution in [0.1, 0.15) is 68.6 Å². The van der Waals surface area contributed by atoms with Crippen molar-refractivity contribution in [1.82, 2.24) is 4.98 Å². The first-order valence-corrected chi connectivity index (χ1v) is 7.19. The smallest absolute Gasteiger partial charge is 0.0441 e. The average Bonchev–Trinajstić information content (AvgIpc) is 2.32. The molecule has 0 amide bonds. The van der Waals surface area contributed by atoms with Crippen LogP contribution in [0.25, 0.3) is 0 Å². The molecule has 0 aliphatic heterocycles. The Hall–Kier alpha value is -0.850. The topological polar surface area (TPSA) is 12.9 Å². The highest BCUT2D eigenvalue weighted by atomic mass is 14.7. The van der Waals surface area contributed by atoms with Crippen LogP contribution in [0.3, 0.4) is 0 Å². The summed E-state index contributed by atoms with van der Waals surface area (Å²) < 4.78 is 0. The Morgan fingerprint density at radius 1 is 0.765 bits per heavy atom. The van der Waals surface area contributed by atoms with E-state index in [9.17, 15) is 0 Å². The Kier molecular flexibility index (Phi) is 5.67. The van der Waals surface area contributed by atoms with Crippen LogP contribution in [0.5, 0.6) is 0 Å². The summed E-state index contributed by atoms with van der Waals surface area (Å²) in [5, 5.41) is 0. The Morgan fingerprint density at radius 2 is 1.35 bits per heavy atom. The van der Waals surface area contributed by atoms with Crippen LogP contribution in [-0.2, 0) is 25.7 Å². The molecule has 1 heteroatoms. The summed E-state index contributed by atoms with van der Waals surface area (Å²) in [5.74, 6) is 0. The lowest BCUT2D eigenvalue weighted by Crippen LogP contribution is -2.09. The summed E-state index contributed by atoms with van der Waals surface area (Å²) >= 11 is 0. The molecule has 0 fully saturated rings. The van der Waals surface area contributed by atoms with Gasteiger partial charge in [-0.25, -0.2) is 0 Å². The third-order valence-electron chi connectivity index (χ3n) is 3.51. The molecule has 0 saturated carbocycles. The van der Waals surface area contributed by atoms with Crippen LogP contribution in [0.4, 0.5) is 0 Å². The van der Waals surface area contributed by atoms with Crippen LogP contribution in [0, 0.1) is 6.92 Å². The molecule has 0 radical (unpaired) electrons. The van der Waals surface area contributed by atoms with Gasteiger partial charge in [0, 0.05) is 11.4 Å². The molecule has 0 aliphatic carbocycles. The highest BCUT2D eigenvalue weighted by Gasteiger charge is 2.14. The van der Waals surface area contributed by atoms with Crippen LogP contribution < -0.4 is 0 Å². The van der Waals surface area contributed by atoms with Gasteiger partial charge in [-0.1, -0.05) is 40.5 Å². The molecule has 0 aliphatic rings. The first kappa shape index (κ1) is 14.2. The number of hydrogen-bond donors (Lipinski definition) is 0. The number of rotatable bonds is 6. The number of aromatic nitrogens is 1. The first-order valence-electron chi connectivity index (χ1n) is 7.19. The maximum Gasteiger partial charge on any atom is 0.0441 e. The van der Waals surface area contributed by atoms with Gasteiger partial charge in [-0.15, -0.1) is 0 Å². The lowest BCUT2D eigenvalue weighted by Gasteiger charge is -2.18. The molecule has 17 heavy (non-hydrogen) atoms. The van der Waals surface area contributed by atoms with E-state index in [2.05, 4.69) is 34.6 Å². The minimum absolute atomic E-state index is 1.12. The van der Waals surface area contributed by atoms with Gasteiger partial charge in [0.2, 0.25) is 0 Å². The summed E-state index contributed by atoms with van der Waals surface area (Å²) in [6.07, 6.45) is 7.01. The van der Waals surface area contributed by atoms with E-state index in [0.29, 0.717) is 0 Å². The minimum Gasteiger partial charge on any atom is -0.258 e. The second-order valence-corrected chi connectivity index (χ2v) is 4.79. The SMILES string of the molecule is CCCc1nc(C)c(CC)c(CC)c1CCC. The largest absolute Gasteiger partial charge is 0.258 e. The van der Waals surface area contributed by atoms with E-state index in [0.717, 1.165) is 19.3 Å². The molecule has 0 atom stereocenters. The quantitative estimate of drug-likeness (QED) is 0.709. The molecule has 0 saturated heterocycles. The fourth-order valence-electron chi connectivity index (χ4n) is 2.80. The molecule has 1 rings (SSSR count). The molecular weight excluding hydrogens is 206 g/mol. The Bertz CT molecular complexity index is 366. The molecule has 0 aromatic carbocycles. The second-order valence-electron chi connectivity index (χ2n) is 4.79. The van der Waals surface area contributed by atoms with Crippen molar-refractivity contribution in [2.75, 3.05) is 0 Å². The first-order chi connectivity index (χ1) is 8.19. The van der Waals surface area contributed by atoms with Crippen molar-refractivity contribution in [1.29, 1.82) is 0 Å². The average molecular weight is 233 g/mol. The van der Waals surface area contributed by atoms with E-state index in [1.165, 1.54) is 36.2 Å². The van der Waals surface area contributed by atoms with Gasteiger partial charge in [0.25, 0.3) is 0 Å². The van der Waals surface area contributed by atoms with Gasteiger partial charge in [-0.2, -0.15) is 0 Å². The Balaban J connectivity index is 3.36. The summed E-state index contributed by atoms with van der Waals surface area (Å²) in [6.45, 7) is 11.2. The van der Waals surface area contributed by atoms with Crippen molar-refractivity contribution in [2.45, 2.75) is 73.1 Å². The zero-order valence-electron chi connectivity index (χ0n) is 12.2. The third-order valence-corrected chi connectivity index (χ3v) is 3.51. The Labute approximate surface area is 107 Å². The number of hydrogen-bond acceptors (Lipinski definition) is 1. The molecule has 0 N–H and O–H groups in total. The van der Waals surface area contributed by atoms with Crippen molar-refractivity contribution < 1.29 is 0 Å². The summed E-state index contributed by atoms with van der Waals surface area (Å²) in [4.78, 5) is 4.86. The van der Waals surface area contributed by atoms with Gasteiger partial charge in [0.15, 0.2) is 0 Å². The summed E-state index contributed by atoms with van der Waals surface area (Å²) in [7, 11) is 0. The normalized spacial score (nSPS) is 10.9. The fourth-order valence-corrected chi connectivity index (χ4v) is 2.80. The molecule has 1 nitrogen and oxygen atoms in total. The lowest BCUT2D eigenvalue weighted by molar-refractivity contribution is 0.793. The number of aryl methyl sites for hydroxylation is 2.